The zero-order chi connectivity index (χ0) is 21.8. The summed E-state index contributed by atoms with van der Waals surface area (Å²) in [5.74, 6) is 0.462. The van der Waals surface area contributed by atoms with E-state index in [0.29, 0.717) is 23.3 Å². The minimum absolute atomic E-state index is 0.335. The molecule has 0 amide bonds. The molecule has 8 heteroatoms. The first-order chi connectivity index (χ1) is 15.1. The van der Waals surface area contributed by atoms with E-state index >= 15 is 0 Å². The number of benzene rings is 2. The van der Waals surface area contributed by atoms with Gasteiger partial charge in [-0.2, -0.15) is 5.10 Å². The largest absolute Gasteiger partial charge is 0.497 e. The number of rotatable bonds is 7. The number of carbonyl (C=O) groups is 1. The number of carbonyl (C=O) groups excluding carboxylic acids is 1. The first kappa shape index (κ1) is 20.9. The Morgan fingerprint density at radius 1 is 1.16 bits per heavy atom. The molecule has 0 saturated heterocycles. The van der Waals surface area contributed by atoms with E-state index in [9.17, 15) is 4.79 Å². The van der Waals surface area contributed by atoms with Gasteiger partial charge in [-0.3, -0.25) is 0 Å². The molecule has 0 saturated carbocycles. The Morgan fingerprint density at radius 2 is 1.97 bits per heavy atom. The van der Waals surface area contributed by atoms with E-state index in [1.807, 2.05) is 47.1 Å². The van der Waals surface area contributed by atoms with Gasteiger partial charge in [-0.1, -0.05) is 18.2 Å². The molecule has 0 atom stereocenters. The molecule has 0 aliphatic heterocycles. The first-order valence-corrected chi connectivity index (χ1v) is 10.6. The second kappa shape index (κ2) is 9.18. The van der Waals surface area contributed by atoms with Crippen LogP contribution in [0.25, 0.3) is 11.0 Å². The maximum absolute atomic E-state index is 12.0. The number of nitrogens with one attached hydrogen (secondary N) is 1. The van der Waals surface area contributed by atoms with Crippen LogP contribution in [0, 0.1) is 0 Å². The number of halogens is 1. The first-order valence-electron chi connectivity index (χ1n) is 9.77. The van der Waals surface area contributed by atoms with Gasteiger partial charge in [0.1, 0.15) is 10.4 Å². The highest BCUT2D eigenvalue weighted by Crippen LogP contribution is 2.31. The molecule has 4 rings (SSSR count). The molecule has 0 spiro atoms. The van der Waals surface area contributed by atoms with Gasteiger partial charge in [-0.15, -0.1) is 0 Å². The molecule has 158 valence electrons. The number of esters is 1. The van der Waals surface area contributed by atoms with Crippen molar-refractivity contribution in [2.45, 2.75) is 13.5 Å². The summed E-state index contributed by atoms with van der Waals surface area (Å²) in [7, 11) is 1.65. The molecule has 1 N–H and O–H groups in total. The summed E-state index contributed by atoms with van der Waals surface area (Å²) in [6.45, 7) is 2.69. The van der Waals surface area contributed by atoms with Crippen LogP contribution in [0.4, 0.5) is 11.4 Å². The standard InChI is InChI=1S/C23H21BrN4O3/c1-3-31-23(29)16-5-4-6-17(13-16)26-19-11-12-25-22-20(19)21(24)27-28(22)14-15-7-9-18(30-2)10-8-15/h4-13H,3,14H2,1-2H3,(H,25,26). The number of hydrogen-bond donors (Lipinski definition) is 1. The molecule has 2 heterocycles. The molecule has 4 aromatic rings. The van der Waals surface area contributed by atoms with E-state index in [2.05, 4.69) is 31.3 Å². The summed E-state index contributed by atoms with van der Waals surface area (Å²) in [5, 5.41) is 8.85. The Hall–Kier alpha value is -3.39. The third-order valence-electron chi connectivity index (χ3n) is 4.73. The zero-order valence-corrected chi connectivity index (χ0v) is 18.7. The van der Waals surface area contributed by atoms with E-state index in [1.54, 1.807) is 32.4 Å². The van der Waals surface area contributed by atoms with Crippen LogP contribution in [0.15, 0.2) is 65.4 Å². The predicted octanol–water partition coefficient (Wildman–Crippen LogP) is 5.17. The fourth-order valence-electron chi connectivity index (χ4n) is 3.27. The third-order valence-corrected chi connectivity index (χ3v) is 5.29. The van der Waals surface area contributed by atoms with Gasteiger partial charge in [-0.25, -0.2) is 14.5 Å². The van der Waals surface area contributed by atoms with Crippen LogP contribution < -0.4 is 10.1 Å². The average molecular weight is 481 g/mol. The molecule has 0 aliphatic rings. The Labute approximate surface area is 188 Å². The Kier molecular flexibility index (Phi) is 6.18. The normalized spacial score (nSPS) is 10.8. The van der Waals surface area contributed by atoms with Crippen molar-refractivity contribution in [3.63, 3.8) is 0 Å². The summed E-state index contributed by atoms with van der Waals surface area (Å²) >= 11 is 3.57. The van der Waals surface area contributed by atoms with Gasteiger partial charge in [0.05, 0.1) is 36.9 Å². The average Bonchev–Trinajstić information content (AvgIpc) is 3.11. The monoisotopic (exact) mass is 480 g/mol. The molecule has 0 bridgehead atoms. The lowest BCUT2D eigenvalue weighted by Gasteiger charge is -2.10. The van der Waals surface area contributed by atoms with Gasteiger partial charge in [-0.05, 0) is 64.8 Å². The second-order valence-electron chi connectivity index (χ2n) is 6.78. The van der Waals surface area contributed by atoms with Gasteiger partial charge in [0.25, 0.3) is 0 Å². The zero-order valence-electron chi connectivity index (χ0n) is 17.1. The summed E-state index contributed by atoms with van der Waals surface area (Å²) in [6.07, 6.45) is 1.73. The van der Waals surface area contributed by atoms with E-state index in [1.165, 1.54) is 0 Å². The van der Waals surface area contributed by atoms with Crippen LogP contribution in [-0.2, 0) is 11.3 Å². The molecule has 2 aromatic carbocycles. The molecular formula is C23H21BrN4O3. The summed E-state index contributed by atoms with van der Waals surface area (Å²) in [6, 6.07) is 16.9. The van der Waals surface area contributed by atoms with Crippen molar-refractivity contribution in [2.75, 3.05) is 19.0 Å². The van der Waals surface area contributed by atoms with Gasteiger partial charge in [0.2, 0.25) is 0 Å². The highest BCUT2D eigenvalue weighted by molar-refractivity contribution is 9.10. The fraction of sp³-hybridized carbons (Fsp3) is 0.174. The number of hydrogen-bond acceptors (Lipinski definition) is 6. The number of ether oxygens (including phenoxy) is 2. The molecule has 0 radical (unpaired) electrons. The van der Waals surface area contributed by atoms with Crippen molar-refractivity contribution in [1.29, 1.82) is 0 Å². The Balaban J connectivity index is 1.64. The lowest BCUT2D eigenvalue weighted by Crippen LogP contribution is -2.05. The van der Waals surface area contributed by atoms with Crippen molar-refractivity contribution >= 4 is 44.3 Å². The number of methoxy groups -OCH3 is 1. The van der Waals surface area contributed by atoms with Crippen LogP contribution in [-0.4, -0.2) is 34.5 Å². The Morgan fingerprint density at radius 3 is 2.71 bits per heavy atom. The van der Waals surface area contributed by atoms with Crippen LogP contribution in [0.2, 0.25) is 0 Å². The summed E-state index contributed by atoms with van der Waals surface area (Å²) in [4.78, 5) is 16.6. The number of aromatic nitrogens is 3. The Bertz CT molecular complexity index is 1220. The van der Waals surface area contributed by atoms with Crippen LogP contribution >= 0.6 is 15.9 Å². The van der Waals surface area contributed by atoms with E-state index < -0.39 is 0 Å². The summed E-state index contributed by atoms with van der Waals surface area (Å²) in [5.41, 5.74) is 3.92. The molecule has 0 fully saturated rings. The van der Waals surface area contributed by atoms with Gasteiger partial charge < -0.3 is 14.8 Å². The molecule has 7 nitrogen and oxygen atoms in total. The van der Waals surface area contributed by atoms with Crippen LogP contribution in [0.5, 0.6) is 5.75 Å². The smallest absolute Gasteiger partial charge is 0.338 e. The number of pyridine rings is 1. The highest BCUT2D eigenvalue weighted by atomic mass is 79.9. The highest BCUT2D eigenvalue weighted by Gasteiger charge is 2.15. The molecule has 31 heavy (non-hydrogen) atoms. The van der Waals surface area contributed by atoms with Crippen molar-refractivity contribution in [1.82, 2.24) is 14.8 Å². The maximum Gasteiger partial charge on any atom is 0.338 e. The third kappa shape index (κ3) is 4.54. The van der Waals surface area contributed by atoms with Gasteiger partial charge in [0, 0.05) is 11.9 Å². The van der Waals surface area contributed by atoms with Crippen LogP contribution in [0.1, 0.15) is 22.8 Å². The molecule has 0 unspecified atom stereocenters. The minimum atomic E-state index is -0.348. The van der Waals surface area contributed by atoms with Gasteiger partial charge in [0.15, 0.2) is 5.65 Å². The lowest BCUT2D eigenvalue weighted by atomic mass is 10.2. The van der Waals surface area contributed by atoms with Crippen molar-refractivity contribution < 1.29 is 14.3 Å². The predicted molar refractivity (Wildman–Crippen MR) is 123 cm³/mol. The molecule has 2 aromatic heterocycles. The molecule has 0 aliphatic carbocycles. The van der Waals surface area contributed by atoms with E-state index in [4.69, 9.17) is 9.47 Å². The minimum Gasteiger partial charge on any atom is -0.497 e. The fourth-order valence-corrected chi connectivity index (χ4v) is 3.85. The quantitative estimate of drug-likeness (QED) is 0.367. The number of nitrogens with zero attached hydrogens (tertiary/aromatic N) is 3. The van der Waals surface area contributed by atoms with Crippen LogP contribution in [0.3, 0.4) is 0 Å². The maximum atomic E-state index is 12.0. The topological polar surface area (TPSA) is 78.3 Å². The molecular weight excluding hydrogens is 460 g/mol. The van der Waals surface area contributed by atoms with Crippen molar-refractivity contribution in [3.05, 3.63) is 76.5 Å². The van der Waals surface area contributed by atoms with E-state index in [-0.39, 0.29) is 5.97 Å². The van der Waals surface area contributed by atoms with Crippen molar-refractivity contribution in [2.24, 2.45) is 0 Å². The number of fused-ring (bicyclic) bond motifs is 1. The summed E-state index contributed by atoms with van der Waals surface area (Å²) < 4.78 is 12.9. The SMILES string of the molecule is CCOC(=O)c1cccc(Nc2ccnc3c2c(Br)nn3Cc2ccc(OC)cc2)c1. The lowest BCUT2D eigenvalue weighted by molar-refractivity contribution is 0.0526. The van der Waals surface area contributed by atoms with E-state index in [0.717, 1.165) is 33.7 Å². The second-order valence-corrected chi connectivity index (χ2v) is 7.53. The number of anilines is 2. The van der Waals surface area contributed by atoms with Gasteiger partial charge >= 0.3 is 5.97 Å². The van der Waals surface area contributed by atoms with Crippen molar-refractivity contribution in [3.8, 4) is 5.75 Å².